The van der Waals surface area contributed by atoms with E-state index in [4.69, 9.17) is 16.3 Å². The van der Waals surface area contributed by atoms with Crippen molar-refractivity contribution >= 4 is 28.9 Å². The molecule has 1 heterocycles. The third kappa shape index (κ3) is 3.72. The first-order valence-corrected chi connectivity index (χ1v) is 8.10. The number of nitro benzene ring substituents is 1. The zero-order valence-electron chi connectivity index (χ0n) is 14.3. The molecule has 0 aliphatic carbocycles. The lowest BCUT2D eigenvalue weighted by Gasteiger charge is -2.09. The molecule has 0 saturated carbocycles. The molecule has 0 fully saturated rings. The van der Waals surface area contributed by atoms with E-state index in [1.807, 2.05) is 0 Å². The number of anilines is 1. The molecule has 3 rings (SSSR count). The normalized spacial score (nSPS) is 10.5. The third-order valence-electron chi connectivity index (χ3n) is 3.81. The van der Waals surface area contributed by atoms with Gasteiger partial charge in [0, 0.05) is 11.1 Å². The number of aromatic nitrogens is 3. The van der Waals surface area contributed by atoms with Crippen LogP contribution in [0.5, 0.6) is 5.75 Å². The van der Waals surface area contributed by atoms with Crippen LogP contribution in [0.3, 0.4) is 0 Å². The molecular weight excluding hydrogens is 374 g/mol. The van der Waals surface area contributed by atoms with E-state index in [0.717, 1.165) is 0 Å². The number of nitrogens with zero attached hydrogens (tertiary/aromatic N) is 4. The second-order valence-electron chi connectivity index (χ2n) is 5.51. The highest BCUT2D eigenvalue weighted by Gasteiger charge is 2.20. The van der Waals surface area contributed by atoms with Crippen LogP contribution in [-0.4, -0.2) is 32.9 Å². The van der Waals surface area contributed by atoms with Crippen molar-refractivity contribution in [2.75, 3.05) is 12.4 Å². The van der Waals surface area contributed by atoms with E-state index in [0.29, 0.717) is 16.4 Å². The molecular formula is C17H14ClN5O4. The molecule has 1 N–H and O–H groups in total. The van der Waals surface area contributed by atoms with Crippen LogP contribution in [0.2, 0.25) is 5.02 Å². The molecule has 3 aromatic rings. The first kappa shape index (κ1) is 18.3. The summed E-state index contributed by atoms with van der Waals surface area (Å²) in [5.74, 6) is -0.356. The van der Waals surface area contributed by atoms with Crippen molar-refractivity contribution in [1.82, 2.24) is 15.0 Å². The minimum atomic E-state index is -0.547. The fraction of sp³-hybridized carbons (Fsp3) is 0.118. The van der Waals surface area contributed by atoms with Crippen LogP contribution < -0.4 is 10.1 Å². The van der Waals surface area contributed by atoms with Crippen LogP contribution in [0, 0.1) is 17.0 Å². The minimum absolute atomic E-state index is 0.107. The molecule has 1 aromatic heterocycles. The number of hydrogen-bond donors (Lipinski definition) is 1. The summed E-state index contributed by atoms with van der Waals surface area (Å²) in [4.78, 5) is 22.9. The molecule has 27 heavy (non-hydrogen) atoms. The van der Waals surface area contributed by atoms with Gasteiger partial charge in [0.2, 0.25) is 0 Å². The van der Waals surface area contributed by atoms with E-state index >= 15 is 0 Å². The topological polar surface area (TPSA) is 112 Å². The van der Waals surface area contributed by atoms with Gasteiger partial charge < -0.3 is 10.1 Å². The van der Waals surface area contributed by atoms with Crippen LogP contribution >= 0.6 is 11.6 Å². The highest BCUT2D eigenvalue weighted by atomic mass is 35.5. The average molecular weight is 388 g/mol. The van der Waals surface area contributed by atoms with Crippen molar-refractivity contribution in [3.8, 4) is 11.4 Å². The fourth-order valence-corrected chi connectivity index (χ4v) is 2.65. The standard InChI is InChI=1S/C17H14ClN5O4/c1-10-16(20-21-22(10)12-5-3-4-11(18)8-12)17(24)19-14-7-6-13(23(25)26)9-15(14)27-2/h3-9H,1-2H3,(H,19,24). The first-order chi connectivity index (χ1) is 12.9. The molecule has 1 amide bonds. The molecule has 2 aromatic carbocycles. The van der Waals surface area contributed by atoms with Crippen molar-refractivity contribution in [3.05, 3.63) is 69.0 Å². The summed E-state index contributed by atoms with van der Waals surface area (Å²) >= 11 is 5.99. The maximum absolute atomic E-state index is 12.6. The summed E-state index contributed by atoms with van der Waals surface area (Å²) in [6, 6.07) is 10.9. The average Bonchev–Trinajstić information content (AvgIpc) is 3.03. The Hall–Kier alpha value is -3.46. The molecule has 10 heteroatoms. The number of methoxy groups -OCH3 is 1. The predicted octanol–water partition coefficient (Wildman–Crippen LogP) is 3.40. The van der Waals surface area contributed by atoms with Gasteiger partial charge in [-0.1, -0.05) is 22.9 Å². The van der Waals surface area contributed by atoms with Gasteiger partial charge >= 0.3 is 0 Å². The Morgan fingerprint density at radius 3 is 2.74 bits per heavy atom. The van der Waals surface area contributed by atoms with Gasteiger partial charge in [-0.2, -0.15) is 0 Å². The Balaban J connectivity index is 1.89. The van der Waals surface area contributed by atoms with Crippen molar-refractivity contribution in [3.63, 3.8) is 0 Å². The Morgan fingerprint density at radius 2 is 2.07 bits per heavy atom. The van der Waals surface area contributed by atoms with Gasteiger partial charge in [0.1, 0.15) is 5.75 Å². The number of benzene rings is 2. The Bertz CT molecular complexity index is 1030. The van der Waals surface area contributed by atoms with E-state index in [1.54, 1.807) is 31.2 Å². The van der Waals surface area contributed by atoms with E-state index in [9.17, 15) is 14.9 Å². The summed E-state index contributed by atoms with van der Waals surface area (Å²) in [7, 11) is 1.36. The quantitative estimate of drug-likeness (QED) is 0.530. The molecule has 9 nitrogen and oxygen atoms in total. The van der Waals surface area contributed by atoms with Crippen LogP contribution in [0.1, 0.15) is 16.2 Å². The lowest BCUT2D eigenvalue weighted by Crippen LogP contribution is -2.15. The number of carbonyl (C=O) groups excluding carboxylic acids is 1. The van der Waals surface area contributed by atoms with Gasteiger partial charge in [0.25, 0.3) is 11.6 Å². The molecule has 0 radical (unpaired) electrons. The van der Waals surface area contributed by atoms with Gasteiger partial charge in [-0.05, 0) is 31.2 Å². The third-order valence-corrected chi connectivity index (χ3v) is 4.04. The molecule has 0 bridgehead atoms. The molecule has 138 valence electrons. The molecule has 0 aliphatic rings. The lowest BCUT2D eigenvalue weighted by molar-refractivity contribution is -0.384. The Kier molecular flexibility index (Phi) is 5.04. The van der Waals surface area contributed by atoms with Gasteiger partial charge in [-0.15, -0.1) is 5.10 Å². The number of amides is 1. The molecule has 0 atom stereocenters. The van der Waals surface area contributed by atoms with Crippen molar-refractivity contribution < 1.29 is 14.5 Å². The second kappa shape index (κ2) is 7.42. The number of halogens is 1. The maximum atomic E-state index is 12.6. The number of hydrogen-bond acceptors (Lipinski definition) is 6. The van der Waals surface area contributed by atoms with Crippen molar-refractivity contribution in [1.29, 1.82) is 0 Å². The molecule has 0 spiro atoms. The zero-order valence-corrected chi connectivity index (χ0v) is 15.1. The number of ether oxygens (including phenoxy) is 1. The minimum Gasteiger partial charge on any atom is -0.494 e. The number of nitrogens with one attached hydrogen (secondary N) is 1. The van der Waals surface area contributed by atoms with Gasteiger partial charge in [-0.3, -0.25) is 14.9 Å². The summed E-state index contributed by atoms with van der Waals surface area (Å²) < 4.78 is 6.61. The molecule has 0 saturated heterocycles. The predicted molar refractivity (Wildman–Crippen MR) is 98.7 cm³/mol. The van der Waals surface area contributed by atoms with Crippen LogP contribution in [0.4, 0.5) is 11.4 Å². The number of nitro groups is 1. The number of carbonyl (C=O) groups is 1. The summed E-state index contributed by atoms with van der Waals surface area (Å²) in [5, 5.41) is 22.0. The maximum Gasteiger partial charge on any atom is 0.278 e. The SMILES string of the molecule is COc1cc([N+](=O)[O-])ccc1NC(=O)c1nnn(-c2cccc(Cl)c2)c1C. The van der Waals surface area contributed by atoms with Crippen LogP contribution in [-0.2, 0) is 0 Å². The fourth-order valence-electron chi connectivity index (χ4n) is 2.47. The molecule has 0 aliphatic heterocycles. The van der Waals surface area contributed by atoms with Crippen LogP contribution in [0.15, 0.2) is 42.5 Å². The van der Waals surface area contributed by atoms with E-state index in [2.05, 4.69) is 15.6 Å². The Labute approximate surface area is 158 Å². The lowest BCUT2D eigenvalue weighted by atomic mass is 10.2. The van der Waals surface area contributed by atoms with E-state index in [1.165, 1.54) is 30.0 Å². The largest absolute Gasteiger partial charge is 0.494 e. The smallest absolute Gasteiger partial charge is 0.278 e. The van der Waals surface area contributed by atoms with E-state index in [-0.39, 0.29) is 22.8 Å². The first-order valence-electron chi connectivity index (χ1n) is 7.72. The monoisotopic (exact) mass is 387 g/mol. The van der Waals surface area contributed by atoms with Gasteiger partial charge in [0.15, 0.2) is 5.69 Å². The zero-order chi connectivity index (χ0) is 19.6. The van der Waals surface area contributed by atoms with E-state index < -0.39 is 10.8 Å². The van der Waals surface area contributed by atoms with Crippen molar-refractivity contribution in [2.45, 2.75) is 6.92 Å². The van der Waals surface area contributed by atoms with Crippen molar-refractivity contribution in [2.24, 2.45) is 0 Å². The Morgan fingerprint density at radius 1 is 1.30 bits per heavy atom. The summed E-state index contributed by atoms with van der Waals surface area (Å²) in [6.45, 7) is 1.70. The van der Waals surface area contributed by atoms with Crippen LogP contribution in [0.25, 0.3) is 5.69 Å². The van der Waals surface area contributed by atoms with Gasteiger partial charge in [-0.25, -0.2) is 4.68 Å². The number of rotatable bonds is 5. The van der Waals surface area contributed by atoms with Gasteiger partial charge in [0.05, 0.1) is 35.2 Å². The summed E-state index contributed by atoms with van der Waals surface area (Å²) in [6.07, 6.45) is 0. The highest BCUT2D eigenvalue weighted by molar-refractivity contribution is 6.30. The second-order valence-corrected chi connectivity index (χ2v) is 5.95. The summed E-state index contributed by atoms with van der Waals surface area (Å²) in [5.41, 5.74) is 1.42. The molecule has 0 unspecified atom stereocenters. The number of non-ortho nitro benzene ring substituents is 1. The highest BCUT2D eigenvalue weighted by Crippen LogP contribution is 2.29.